The van der Waals surface area contributed by atoms with Crippen LogP contribution in [0.3, 0.4) is 0 Å². The van der Waals surface area contributed by atoms with Gasteiger partial charge in [-0.1, -0.05) is 12.8 Å². The van der Waals surface area contributed by atoms with Crippen LogP contribution in [0.15, 0.2) is 12.4 Å². The third kappa shape index (κ3) is 2.76. The van der Waals surface area contributed by atoms with Gasteiger partial charge in [-0.2, -0.15) is 0 Å². The number of aromatic nitrogens is 2. The van der Waals surface area contributed by atoms with Crippen LogP contribution in [0, 0.1) is 0 Å². The van der Waals surface area contributed by atoms with Crippen molar-refractivity contribution in [1.29, 1.82) is 0 Å². The first-order valence-electron chi connectivity index (χ1n) is 6.00. The molecule has 1 aliphatic rings. The number of nitrogens with zero attached hydrogens (tertiary/aromatic N) is 2. The lowest BCUT2D eigenvalue weighted by atomic mass is 10.0. The first-order chi connectivity index (χ1) is 8.65. The van der Waals surface area contributed by atoms with Gasteiger partial charge in [0.25, 0.3) is 0 Å². The average Bonchev–Trinajstić information content (AvgIpc) is 2.86. The Labute approximate surface area is 105 Å². The van der Waals surface area contributed by atoms with E-state index < -0.39 is 5.97 Å². The topological polar surface area (TPSA) is 84.3 Å². The first kappa shape index (κ1) is 12.8. The van der Waals surface area contributed by atoms with E-state index in [2.05, 4.69) is 15.3 Å². The number of carbonyl (C=O) groups is 1. The third-order valence-electron chi connectivity index (χ3n) is 3.41. The van der Waals surface area contributed by atoms with Gasteiger partial charge in [-0.25, -0.2) is 14.8 Å². The number of rotatable bonds is 5. The molecule has 98 valence electrons. The summed E-state index contributed by atoms with van der Waals surface area (Å²) in [6, 6.07) is 0. The predicted molar refractivity (Wildman–Crippen MR) is 65.7 cm³/mol. The van der Waals surface area contributed by atoms with E-state index in [0.29, 0.717) is 12.4 Å². The maximum absolute atomic E-state index is 10.6. The normalized spacial score (nSPS) is 17.6. The Balaban J connectivity index is 1.95. The molecule has 6 nitrogen and oxygen atoms in total. The maximum atomic E-state index is 10.6. The lowest BCUT2D eigenvalue weighted by Gasteiger charge is -2.27. The van der Waals surface area contributed by atoms with Crippen LogP contribution in [0.25, 0.3) is 0 Å². The van der Waals surface area contributed by atoms with Gasteiger partial charge >= 0.3 is 5.97 Å². The van der Waals surface area contributed by atoms with Crippen molar-refractivity contribution in [2.24, 2.45) is 0 Å². The van der Waals surface area contributed by atoms with Crippen molar-refractivity contribution >= 4 is 11.8 Å². The summed E-state index contributed by atoms with van der Waals surface area (Å²) < 4.78 is 5.58. The predicted octanol–water partition coefficient (Wildman–Crippen LogP) is 1.55. The van der Waals surface area contributed by atoms with E-state index in [9.17, 15) is 4.79 Å². The SMILES string of the molecule is COC1(CNc2cnc(C(=O)O)cn2)CCCC1. The molecule has 1 aliphatic carbocycles. The van der Waals surface area contributed by atoms with Crippen molar-refractivity contribution in [3.05, 3.63) is 18.1 Å². The summed E-state index contributed by atoms with van der Waals surface area (Å²) in [5.74, 6) is -0.499. The van der Waals surface area contributed by atoms with Crippen LogP contribution < -0.4 is 5.32 Å². The molecular formula is C12H17N3O3. The average molecular weight is 251 g/mol. The van der Waals surface area contributed by atoms with Crippen LogP contribution >= 0.6 is 0 Å². The molecule has 2 rings (SSSR count). The van der Waals surface area contributed by atoms with Crippen molar-refractivity contribution in [1.82, 2.24) is 9.97 Å². The van der Waals surface area contributed by atoms with E-state index in [4.69, 9.17) is 9.84 Å². The highest BCUT2D eigenvalue weighted by molar-refractivity contribution is 5.84. The van der Waals surface area contributed by atoms with E-state index in [1.54, 1.807) is 7.11 Å². The molecule has 1 saturated carbocycles. The van der Waals surface area contributed by atoms with Crippen molar-refractivity contribution in [3.8, 4) is 0 Å². The number of aromatic carboxylic acids is 1. The summed E-state index contributed by atoms with van der Waals surface area (Å²) in [6.45, 7) is 0.671. The minimum Gasteiger partial charge on any atom is -0.476 e. The molecule has 1 aromatic rings. The summed E-state index contributed by atoms with van der Waals surface area (Å²) in [6.07, 6.45) is 7.12. The Morgan fingerprint density at radius 3 is 2.67 bits per heavy atom. The Morgan fingerprint density at radius 2 is 2.17 bits per heavy atom. The van der Waals surface area contributed by atoms with Gasteiger partial charge in [-0.15, -0.1) is 0 Å². The first-order valence-corrected chi connectivity index (χ1v) is 6.00. The Hall–Kier alpha value is -1.69. The molecule has 0 aromatic carbocycles. The van der Waals surface area contributed by atoms with Crippen molar-refractivity contribution in [2.75, 3.05) is 19.0 Å². The molecule has 6 heteroatoms. The number of hydrogen-bond donors (Lipinski definition) is 2. The van der Waals surface area contributed by atoms with Crippen LogP contribution in [0.5, 0.6) is 0 Å². The van der Waals surface area contributed by atoms with Gasteiger partial charge in [0, 0.05) is 13.7 Å². The van der Waals surface area contributed by atoms with Crippen molar-refractivity contribution in [2.45, 2.75) is 31.3 Å². The van der Waals surface area contributed by atoms with Gasteiger partial charge in [-0.05, 0) is 12.8 Å². The monoisotopic (exact) mass is 251 g/mol. The third-order valence-corrected chi connectivity index (χ3v) is 3.41. The summed E-state index contributed by atoms with van der Waals surface area (Å²) in [5.41, 5.74) is -0.171. The molecule has 0 saturated heterocycles. The fourth-order valence-corrected chi connectivity index (χ4v) is 2.25. The molecule has 18 heavy (non-hydrogen) atoms. The molecule has 0 amide bonds. The van der Waals surface area contributed by atoms with E-state index in [1.165, 1.54) is 25.2 Å². The van der Waals surface area contributed by atoms with Crippen LogP contribution in [-0.4, -0.2) is 40.3 Å². The highest BCUT2D eigenvalue weighted by Gasteiger charge is 2.33. The maximum Gasteiger partial charge on any atom is 0.356 e. The molecule has 2 N–H and O–H groups in total. The molecule has 0 aliphatic heterocycles. The molecule has 0 bridgehead atoms. The van der Waals surface area contributed by atoms with Gasteiger partial charge in [0.15, 0.2) is 5.69 Å². The zero-order valence-electron chi connectivity index (χ0n) is 10.3. The Bertz CT molecular complexity index is 413. The van der Waals surface area contributed by atoms with E-state index >= 15 is 0 Å². The molecule has 0 unspecified atom stereocenters. The summed E-state index contributed by atoms with van der Waals surface area (Å²) >= 11 is 0. The largest absolute Gasteiger partial charge is 0.476 e. The number of anilines is 1. The summed E-state index contributed by atoms with van der Waals surface area (Å²) in [7, 11) is 1.73. The zero-order chi connectivity index (χ0) is 13.0. The van der Waals surface area contributed by atoms with Crippen molar-refractivity contribution in [3.63, 3.8) is 0 Å². The van der Waals surface area contributed by atoms with E-state index in [1.807, 2.05) is 0 Å². The lowest BCUT2D eigenvalue weighted by Crippen LogP contribution is -2.36. The number of ether oxygens (including phenoxy) is 1. The van der Waals surface area contributed by atoms with Gasteiger partial charge in [0.1, 0.15) is 5.82 Å². The van der Waals surface area contributed by atoms with Crippen molar-refractivity contribution < 1.29 is 14.6 Å². The molecule has 1 heterocycles. The van der Waals surface area contributed by atoms with E-state index in [-0.39, 0.29) is 11.3 Å². The number of methoxy groups -OCH3 is 1. The standard InChI is InChI=1S/C12H17N3O3/c1-18-12(4-2-3-5-12)8-15-10-7-13-9(6-14-10)11(16)17/h6-7H,2-5,8H2,1H3,(H,14,15)(H,16,17). The van der Waals surface area contributed by atoms with Crippen LogP contribution in [0.1, 0.15) is 36.2 Å². The second-order valence-corrected chi connectivity index (χ2v) is 4.54. The second-order valence-electron chi connectivity index (χ2n) is 4.54. The highest BCUT2D eigenvalue weighted by Crippen LogP contribution is 2.32. The molecule has 1 aromatic heterocycles. The zero-order valence-corrected chi connectivity index (χ0v) is 10.3. The highest BCUT2D eigenvalue weighted by atomic mass is 16.5. The smallest absolute Gasteiger partial charge is 0.356 e. The number of carboxylic acids is 1. The summed E-state index contributed by atoms with van der Waals surface area (Å²) in [4.78, 5) is 18.5. The van der Waals surface area contributed by atoms with Gasteiger partial charge in [-0.3, -0.25) is 0 Å². The summed E-state index contributed by atoms with van der Waals surface area (Å²) in [5, 5.41) is 11.9. The Kier molecular flexibility index (Phi) is 3.76. The van der Waals surface area contributed by atoms with Gasteiger partial charge in [0.05, 0.1) is 18.0 Å². The van der Waals surface area contributed by atoms with Crippen LogP contribution in [0.4, 0.5) is 5.82 Å². The number of nitrogens with one attached hydrogen (secondary N) is 1. The molecular weight excluding hydrogens is 234 g/mol. The van der Waals surface area contributed by atoms with Crippen LogP contribution in [-0.2, 0) is 4.74 Å². The van der Waals surface area contributed by atoms with Gasteiger partial charge in [0.2, 0.25) is 0 Å². The van der Waals surface area contributed by atoms with E-state index in [0.717, 1.165) is 12.8 Å². The second kappa shape index (κ2) is 5.30. The molecule has 1 fully saturated rings. The Morgan fingerprint density at radius 1 is 1.44 bits per heavy atom. The molecule has 0 atom stereocenters. The lowest BCUT2D eigenvalue weighted by molar-refractivity contribution is 0.00735. The minimum absolute atomic E-state index is 0.0529. The van der Waals surface area contributed by atoms with Gasteiger partial charge < -0.3 is 15.2 Å². The number of carboxylic acid groups (broad SMARTS) is 1. The minimum atomic E-state index is -1.07. The fraction of sp³-hybridized carbons (Fsp3) is 0.583. The fourth-order valence-electron chi connectivity index (χ4n) is 2.25. The quantitative estimate of drug-likeness (QED) is 0.825. The number of hydrogen-bond acceptors (Lipinski definition) is 5. The molecule has 0 radical (unpaired) electrons. The van der Waals surface area contributed by atoms with Crippen LogP contribution in [0.2, 0.25) is 0 Å². The molecule has 0 spiro atoms.